The van der Waals surface area contributed by atoms with E-state index in [4.69, 9.17) is 5.73 Å². The first-order valence-electron chi connectivity index (χ1n) is 5.13. The number of nitrogens with two attached hydrogens (primary N) is 1. The molecule has 0 spiro atoms. The summed E-state index contributed by atoms with van der Waals surface area (Å²) < 4.78 is 1.19. The number of ketones is 1. The molecule has 0 aliphatic heterocycles. The van der Waals surface area contributed by atoms with E-state index in [-0.39, 0.29) is 11.8 Å². The number of Topliss-reactive ketones (excluding diaryl/α,β-unsaturated/α-hetero) is 1. The van der Waals surface area contributed by atoms with Crippen molar-refractivity contribution >= 4 is 28.4 Å². The van der Waals surface area contributed by atoms with Gasteiger partial charge in [-0.25, -0.2) is 0 Å². The normalized spacial score (nSPS) is 12.5. The molecule has 1 aromatic rings. The Bertz CT molecular complexity index is 321. The highest BCUT2D eigenvalue weighted by Crippen LogP contribution is 2.09. The van der Waals surface area contributed by atoms with Crippen LogP contribution in [0, 0.1) is 3.57 Å². The first-order valence-corrected chi connectivity index (χ1v) is 6.21. The van der Waals surface area contributed by atoms with Gasteiger partial charge in [0, 0.05) is 22.5 Å². The molecular formula is C12H16INO. The van der Waals surface area contributed by atoms with Gasteiger partial charge in [0.1, 0.15) is 5.78 Å². The van der Waals surface area contributed by atoms with Crippen molar-refractivity contribution in [1.29, 1.82) is 0 Å². The Morgan fingerprint density at radius 1 is 1.40 bits per heavy atom. The number of benzene rings is 1. The largest absolute Gasteiger partial charge is 0.327 e. The molecular weight excluding hydrogens is 301 g/mol. The zero-order chi connectivity index (χ0) is 11.3. The monoisotopic (exact) mass is 317 g/mol. The number of halogens is 1. The van der Waals surface area contributed by atoms with Crippen LogP contribution in [-0.2, 0) is 11.2 Å². The van der Waals surface area contributed by atoms with Crippen LogP contribution in [0.25, 0.3) is 0 Å². The fourth-order valence-corrected chi connectivity index (χ4v) is 1.70. The highest BCUT2D eigenvalue weighted by atomic mass is 127. The zero-order valence-electron chi connectivity index (χ0n) is 8.87. The molecule has 0 bridgehead atoms. The van der Waals surface area contributed by atoms with Crippen molar-refractivity contribution in [3.8, 4) is 0 Å². The molecule has 2 nitrogen and oxygen atoms in total. The van der Waals surface area contributed by atoms with Crippen molar-refractivity contribution in [1.82, 2.24) is 0 Å². The van der Waals surface area contributed by atoms with Crippen molar-refractivity contribution in [2.24, 2.45) is 5.73 Å². The lowest BCUT2D eigenvalue weighted by atomic mass is 10.0. The molecule has 0 heterocycles. The lowest BCUT2D eigenvalue weighted by molar-refractivity contribution is -0.118. The third-order valence-electron chi connectivity index (χ3n) is 2.33. The smallest absolute Gasteiger partial charge is 0.138 e. The van der Waals surface area contributed by atoms with Gasteiger partial charge >= 0.3 is 0 Å². The van der Waals surface area contributed by atoms with Crippen LogP contribution in [0.2, 0.25) is 0 Å². The van der Waals surface area contributed by atoms with E-state index < -0.39 is 0 Å². The van der Waals surface area contributed by atoms with Gasteiger partial charge in [0.2, 0.25) is 0 Å². The summed E-state index contributed by atoms with van der Waals surface area (Å²) in [6.07, 6.45) is 1.85. The topological polar surface area (TPSA) is 43.1 Å². The van der Waals surface area contributed by atoms with Crippen LogP contribution >= 0.6 is 22.6 Å². The molecule has 0 aromatic heterocycles. The first-order chi connectivity index (χ1) is 7.11. The molecule has 82 valence electrons. The van der Waals surface area contributed by atoms with Crippen molar-refractivity contribution in [2.75, 3.05) is 0 Å². The average molecular weight is 317 g/mol. The SMILES string of the molecule is CCC(N)CC(=O)Cc1ccc(I)cc1. The van der Waals surface area contributed by atoms with Gasteiger partial charge in [-0.1, -0.05) is 19.1 Å². The molecule has 1 aromatic carbocycles. The lowest BCUT2D eigenvalue weighted by Crippen LogP contribution is -2.23. The van der Waals surface area contributed by atoms with Crippen LogP contribution in [0.5, 0.6) is 0 Å². The number of hydrogen-bond donors (Lipinski definition) is 1. The van der Waals surface area contributed by atoms with Gasteiger partial charge < -0.3 is 5.73 Å². The molecule has 0 saturated heterocycles. The molecule has 0 aliphatic carbocycles. The Balaban J connectivity index is 2.48. The lowest BCUT2D eigenvalue weighted by Gasteiger charge is -2.07. The quantitative estimate of drug-likeness (QED) is 0.848. The minimum absolute atomic E-state index is 0.0151. The van der Waals surface area contributed by atoms with Gasteiger partial charge in [0.05, 0.1) is 0 Å². The highest BCUT2D eigenvalue weighted by Gasteiger charge is 2.08. The number of carbonyl (C=O) groups excluding carboxylic acids is 1. The van der Waals surface area contributed by atoms with Crippen LogP contribution in [0.1, 0.15) is 25.3 Å². The van der Waals surface area contributed by atoms with Crippen molar-refractivity contribution in [3.05, 3.63) is 33.4 Å². The molecule has 0 aliphatic rings. The molecule has 3 heteroatoms. The van der Waals surface area contributed by atoms with Crippen molar-refractivity contribution < 1.29 is 4.79 Å². The van der Waals surface area contributed by atoms with Gasteiger partial charge in [-0.15, -0.1) is 0 Å². The van der Waals surface area contributed by atoms with Gasteiger partial charge in [-0.2, -0.15) is 0 Å². The molecule has 15 heavy (non-hydrogen) atoms. The minimum Gasteiger partial charge on any atom is -0.327 e. The van der Waals surface area contributed by atoms with Crippen molar-refractivity contribution in [3.63, 3.8) is 0 Å². The average Bonchev–Trinajstić information content (AvgIpc) is 2.21. The van der Waals surface area contributed by atoms with E-state index in [0.717, 1.165) is 12.0 Å². The minimum atomic E-state index is 0.0151. The summed E-state index contributed by atoms with van der Waals surface area (Å²) in [5.41, 5.74) is 6.80. The van der Waals surface area contributed by atoms with Crippen LogP contribution in [0.15, 0.2) is 24.3 Å². The second kappa shape index (κ2) is 6.23. The predicted molar refractivity (Wildman–Crippen MR) is 70.8 cm³/mol. The third-order valence-corrected chi connectivity index (χ3v) is 3.05. The molecule has 1 unspecified atom stereocenters. The fraction of sp³-hybridized carbons (Fsp3) is 0.417. The second-order valence-corrected chi connectivity index (χ2v) is 4.96. The van der Waals surface area contributed by atoms with E-state index in [1.54, 1.807) is 0 Å². The molecule has 0 amide bonds. The summed E-state index contributed by atoms with van der Waals surface area (Å²) in [6, 6.07) is 8.04. The van der Waals surface area contributed by atoms with Crippen molar-refractivity contribution in [2.45, 2.75) is 32.2 Å². The van der Waals surface area contributed by atoms with E-state index in [1.165, 1.54) is 3.57 Å². The maximum Gasteiger partial charge on any atom is 0.138 e. The summed E-state index contributed by atoms with van der Waals surface area (Å²) in [7, 11) is 0. The zero-order valence-corrected chi connectivity index (χ0v) is 11.0. The molecule has 1 atom stereocenters. The first kappa shape index (κ1) is 12.6. The van der Waals surface area contributed by atoms with Gasteiger partial charge in [-0.3, -0.25) is 4.79 Å². The summed E-state index contributed by atoms with van der Waals surface area (Å²) >= 11 is 2.25. The van der Waals surface area contributed by atoms with Crippen LogP contribution in [-0.4, -0.2) is 11.8 Å². The summed E-state index contributed by atoms with van der Waals surface area (Å²) in [4.78, 5) is 11.6. The Kier molecular flexibility index (Phi) is 5.25. The Hall–Kier alpha value is -0.420. The maximum absolute atomic E-state index is 11.6. The third kappa shape index (κ3) is 4.75. The summed E-state index contributed by atoms with van der Waals surface area (Å²) in [5, 5.41) is 0. The van der Waals surface area contributed by atoms with Gasteiger partial charge in [-0.05, 0) is 46.7 Å². The van der Waals surface area contributed by atoms with E-state index in [9.17, 15) is 4.79 Å². The Morgan fingerprint density at radius 3 is 2.53 bits per heavy atom. The standard InChI is InChI=1S/C12H16INO/c1-2-11(14)8-12(15)7-9-3-5-10(13)6-4-9/h3-6,11H,2,7-8,14H2,1H3. The van der Waals surface area contributed by atoms with E-state index >= 15 is 0 Å². The van der Waals surface area contributed by atoms with Gasteiger partial charge in [0.15, 0.2) is 0 Å². The number of rotatable bonds is 5. The maximum atomic E-state index is 11.6. The number of carbonyl (C=O) groups is 1. The predicted octanol–water partition coefficient (Wildman–Crippen LogP) is 2.53. The number of hydrogen-bond acceptors (Lipinski definition) is 2. The Morgan fingerprint density at radius 2 is 2.00 bits per heavy atom. The van der Waals surface area contributed by atoms with Crippen LogP contribution in [0.3, 0.4) is 0 Å². The van der Waals surface area contributed by atoms with Gasteiger partial charge in [0.25, 0.3) is 0 Å². The highest BCUT2D eigenvalue weighted by molar-refractivity contribution is 14.1. The van der Waals surface area contributed by atoms with E-state index in [2.05, 4.69) is 22.6 Å². The molecule has 0 radical (unpaired) electrons. The molecule has 0 fully saturated rings. The summed E-state index contributed by atoms with van der Waals surface area (Å²) in [6.45, 7) is 2.00. The molecule has 0 saturated carbocycles. The van der Waals surface area contributed by atoms with E-state index in [1.807, 2.05) is 31.2 Å². The second-order valence-electron chi connectivity index (χ2n) is 3.71. The van der Waals surface area contributed by atoms with E-state index in [0.29, 0.717) is 12.8 Å². The Labute approximate surface area is 104 Å². The molecule has 2 N–H and O–H groups in total. The summed E-state index contributed by atoms with van der Waals surface area (Å²) in [5.74, 6) is 0.227. The van der Waals surface area contributed by atoms with Crippen LogP contribution in [0.4, 0.5) is 0 Å². The molecule has 1 rings (SSSR count). The van der Waals surface area contributed by atoms with Crippen LogP contribution < -0.4 is 5.73 Å². The fourth-order valence-electron chi connectivity index (χ4n) is 1.34.